The van der Waals surface area contributed by atoms with Crippen LogP contribution in [0.3, 0.4) is 0 Å². The zero-order valence-corrected chi connectivity index (χ0v) is 12.1. The van der Waals surface area contributed by atoms with Crippen LogP contribution in [0.2, 0.25) is 0 Å². The molecule has 4 heteroatoms. The van der Waals surface area contributed by atoms with Crippen molar-refractivity contribution in [2.24, 2.45) is 5.92 Å². The third kappa shape index (κ3) is 3.51. The van der Waals surface area contributed by atoms with E-state index in [1.165, 1.54) is 11.1 Å². The van der Waals surface area contributed by atoms with E-state index in [0.29, 0.717) is 0 Å². The number of H-pyrrole nitrogens is 1. The second-order valence-corrected chi connectivity index (χ2v) is 5.64. The molecule has 110 valence electrons. The van der Waals surface area contributed by atoms with Gasteiger partial charge in [0.1, 0.15) is 5.82 Å². The standard InChI is InChI=1S/C17H21N3O/c21-17(20-9-3-6-16-18-10-11-19-16)15-8-7-13-4-1-2-5-14(13)12-15/h1-2,4-5,10-11,15H,3,6-9,12H2,(H,18,19)(H,20,21). The molecule has 0 saturated carbocycles. The molecule has 0 fully saturated rings. The van der Waals surface area contributed by atoms with Crippen molar-refractivity contribution in [3.63, 3.8) is 0 Å². The summed E-state index contributed by atoms with van der Waals surface area (Å²) >= 11 is 0. The Balaban J connectivity index is 1.44. The predicted octanol–water partition coefficient (Wildman–Crippen LogP) is 2.26. The number of hydrogen-bond acceptors (Lipinski definition) is 2. The van der Waals surface area contributed by atoms with Crippen molar-refractivity contribution in [1.29, 1.82) is 0 Å². The van der Waals surface area contributed by atoms with Crippen LogP contribution in [0, 0.1) is 5.92 Å². The lowest BCUT2D eigenvalue weighted by Crippen LogP contribution is -2.34. The summed E-state index contributed by atoms with van der Waals surface area (Å²) in [5.74, 6) is 1.31. The average Bonchev–Trinajstić information content (AvgIpc) is 3.04. The summed E-state index contributed by atoms with van der Waals surface area (Å²) in [4.78, 5) is 19.5. The number of amides is 1. The first-order chi connectivity index (χ1) is 10.3. The van der Waals surface area contributed by atoms with Crippen LogP contribution in [-0.2, 0) is 24.1 Å². The Morgan fingerprint density at radius 1 is 1.33 bits per heavy atom. The molecule has 1 aromatic heterocycles. The summed E-state index contributed by atoms with van der Waals surface area (Å²) in [5.41, 5.74) is 2.74. The molecule has 1 heterocycles. The van der Waals surface area contributed by atoms with Crippen molar-refractivity contribution in [1.82, 2.24) is 15.3 Å². The first kappa shape index (κ1) is 13.9. The van der Waals surface area contributed by atoms with Crippen LogP contribution >= 0.6 is 0 Å². The van der Waals surface area contributed by atoms with Crippen molar-refractivity contribution in [3.8, 4) is 0 Å². The number of aryl methyl sites for hydroxylation is 2. The maximum Gasteiger partial charge on any atom is 0.223 e. The molecule has 0 saturated heterocycles. The van der Waals surface area contributed by atoms with E-state index in [2.05, 4.69) is 39.6 Å². The molecular formula is C17H21N3O. The average molecular weight is 283 g/mol. The van der Waals surface area contributed by atoms with Crippen LogP contribution in [0.25, 0.3) is 0 Å². The predicted molar refractivity (Wildman–Crippen MR) is 81.9 cm³/mol. The second-order valence-electron chi connectivity index (χ2n) is 5.64. The minimum atomic E-state index is 0.128. The molecule has 0 spiro atoms. The number of fused-ring (bicyclic) bond motifs is 1. The maximum atomic E-state index is 12.2. The van der Waals surface area contributed by atoms with Crippen molar-refractivity contribution < 1.29 is 4.79 Å². The number of carbonyl (C=O) groups excluding carboxylic acids is 1. The first-order valence-corrected chi connectivity index (χ1v) is 7.65. The van der Waals surface area contributed by atoms with Crippen LogP contribution in [0.15, 0.2) is 36.7 Å². The highest BCUT2D eigenvalue weighted by Crippen LogP contribution is 2.25. The summed E-state index contributed by atoms with van der Waals surface area (Å²) in [6.07, 6.45) is 8.23. The number of hydrogen-bond donors (Lipinski definition) is 2. The Morgan fingerprint density at radius 3 is 3.00 bits per heavy atom. The van der Waals surface area contributed by atoms with Gasteiger partial charge in [-0.25, -0.2) is 4.98 Å². The molecule has 2 N–H and O–H groups in total. The Labute approximate surface area is 125 Å². The van der Waals surface area contributed by atoms with Gasteiger partial charge in [0, 0.05) is 31.3 Å². The molecule has 1 unspecified atom stereocenters. The van der Waals surface area contributed by atoms with Crippen LogP contribution in [0.5, 0.6) is 0 Å². The van der Waals surface area contributed by atoms with Gasteiger partial charge in [0.15, 0.2) is 0 Å². The minimum absolute atomic E-state index is 0.128. The summed E-state index contributed by atoms with van der Waals surface area (Å²) < 4.78 is 0. The number of rotatable bonds is 5. The molecule has 21 heavy (non-hydrogen) atoms. The number of benzene rings is 1. The van der Waals surface area contributed by atoms with E-state index in [1.807, 2.05) is 6.20 Å². The van der Waals surface area contributed by atoms with Gasteiger partial charge in [-0.05, 0) is 36.8 Å². The first-order valence-electron chi connectivity index (χ1n) is 7.65. The van der Waals surface area contributed by atoms with Gasteiger partial charge in [-0.3, -0.25) is 4.79 Å². The number of aromatic amines is 1. The van der Waals surface area contributed by atoms with Crippen LogP contribution < -0.4 is 5.32 Å². The fraction of sp³-hybridized carbons (Fsp3) is 0.412. The molecule has 3 rings (SSSR count). The van der Waals surface area contributed by atoms with Gasteiger partial charge < -0.3 is 10.3 Å². The van der Waals surface area contributed by atoms with Crippen molar-refractivity contribution in [2.75, 3.05) is 6.54 Å². The lowest BCUT2D eigenvalue weighted by atomic mass is 9.83. The number of carbonyl (C=O) groups is 1. The molecule has 4 nitrogen and oxygen atoms in total. The quantitative estimate of drug-likeness (QED) is 0.827. The van der Waals surface area contributed by atoms with E-state index in [0.717, 1.165) is 44.5 Å². The third-order valence-electron chi connectivity index (χ3n) is 4.16. The van der Waals surface area contributed by atoms with E-state index in [1.54, 1.807) is 6.20 Å². The largest absolute Gasteiger partial charge is 0.356 e. The minimum Gasteiger partial charge on any atom is -0.356 e. The highest BCUT2D eigenvalue weighted by Gasteiger charge is 2.23. The molecule has 0 bridgehead atoms. The van der Waals surface area contributed by atoms with Crippen molar-refractivity contribution in [2.45, 2.75) is 32.1 Å². The lowest BCUT2D eigenvalue weighted by molar-refractivity contribution is -0.125. The van der Waals surface area contributed by atoms with Gasteiger partial charge >= 0.3 is 0 Å². The van der Waals surface area contributed by atoms with Gasteiger partial charge in [0.2, 0.25) is 5.91 Å². The number of nitrogens with one attached hydrogen (secondary N) is 2. The molecule has 1 aromatic carbocycles. The normalized spacial score (nSPS) is 17.2. The Bertz CT molecular complexity index is 592. The maximum absolute atomic E-state index is 12.2. The van der Waals surface area contributed by atoms with Gasteiger partial charge in [-0.2, -0.15) is 0 Å². The van der Waals surface area contributed by atoms with E-state index >= 15 is 0 Å². The second kappa shape index (κ2) is 6.57. The molecular weight excluding hydrogens is 262 g/mol. The van der Waals surface area contributed by atoms with Gasteiger partial charge in [-0.15, -0.1) is 0 Å². The fourth-order valence-corrected chi connectivity index (χ4v) is 2.97. The van der Waals surface area contributed by atoms with Gasteiger partial charge in [0.25, 0.3) is 0 Å². The molecule has 2 aromatic rings. The molecule has 1 aliphatic rings. The summed E-state index contributed by atoms with van der Waals surface area (Å²) in [5, 5.41) is 3.07. The van der Waals surface area contributed by atoms with E-state index in [4.69, 9.17) is 0 Å². The van der Waals surface area contributed by atoms with Crippen molar-refractivity contribution in [3.05, 3.63) is 53.6 Å². The molecule has 0 aliphatic heterocycles. The number of aromatic nitrogens is 2. The number of nitrogens with zero attached hydrogens (tertiary/aromatic N) is 1. The Hall–Kier alpha value is -2.10. The molecule has 1 amide bonds. The monoisotopic (exact) mass is 283 g/mol. The van der Waals surface area contributed by atoms with Gasteiger partial charge in [-0.1, -0.05) is 24.3 Å². The summed E-state index contributed by atoms with van der Waals surface area (Å²) in [6, 6.07) is 8.45. The van der Waals surface area contributed by atoms with Crippen molar-refractivity contribution >= 4 is 5.91 Å². The van der Waals surface area contributed by atoms with E-state index < -0.39 is 0 Å². The van der Waals surface area contributed by atoms with Crippen LogP contribution in [0.1, 0.15) is 29.8 Å². The van der Waals surface area contributed by atoms with E-state index in [-0.39, 0.29) is 11.8 Å². The molecule has 1 atom stereocenters. The van der Waals surface area contributed by atoms with Crippen LogP contribution in [-0.4, -0.2) is 22.4 Å². The van der Waals surface area contributed by atoms with Gasteiger partial charge in [0.05, 0.1) is 0 Å². The fourth-order valence-electron chi connectivity index (χ4n) is 2.97. The zero-order valence-electron chi connectivity index (χ0n) is 12.1. The highest BCUT2D eigenvalue weighted by atomic mass is 16.1. The lowest BCUT2D eigenvalue weighted by Gasteiger charge is -2.23. The summed E-state index contributed by atoms with van der Waals surface area (Å²) in [6.45, 7) is 0.720. The summed E-state index contributed by atoms with van der Waals surface area (Å²) in [7, 11) is 0. The Kier molecular flexibility index (Phi) is 4.34. The zero-order chi connectivity index (χ0) is 14.5. The molecule has 0 radical (unpaired) electrons. The Morgan fingerprint density at radius 2 is 2.19 bits per heavy atom. The molecule has 1 aliphatic carbocycles. The smallest absolute Gasteiger partial charge is 0.223 e. The van der Waals surface area contributed by atoms with E-state index in [9.17, 15) is 4.79 Å². The topological polar surface area (TPSA) is 57.8 Å². The SMILES string of the molecule is O=C(NCCCc1ncc[nH]1)C1CCc2ccccc2C1. The number of imidazole rings is 1. The van der Waals surface area contributed by atoms with Crippen LogP contribution in [0.4, 0.5) is 0 Å². The third-order valence-corrected chi connectivity index (χ3v) is 4.16. The highest BCUT2D eigenvalue weighted by molar-refractivity contribution is 5.79.